The number of allylic oxidation sites excluding steroid dienone is 1. The van der Waals surface area contributed by atoms with Gasteiger partial charge in [0.15, 0.2) is 17.2 Å². The molecule has 0 saturated carbocycles. The zero-order chi connectivity index (χ0) is 31.0. The van der Waals surface area contributed by atoms with Crippen molar-refractivity contribution in [1.82, 2.24) is 4.90 Å². The van der Waals surface area contributed by atoms with Crippen LogP contribution in [0.1, 0.15) is 39.6 Å². The van der Waals surface area contributed by atoms with Crippen LogP contribution in [-0.2, 0) is 16.0 Å². The number of aromatic hydroxyl groups is 1. The predicted molar refractivity (Wildman–Crippen MR) is 153 cm³/mol. The number of hydrogen-bond acceptors (Lipinski definition) is 10. The Hall–Kier alpha value is -4.48. The number of nitrogens with two attached hydrogens (primary N) is 1. The third-order valence-corrected chi connectivity index (χ3v) is 8.78. The average Bonchev–Trinajstić information content (AvgIpc) is 2.90. The van der Waals surface area contributed by atoms with Crippen LogP contribution in [0.4, 0.5) is 5.69 Å². The molecule has 3 aliphatic carbocycles. The molecule has 6 N–H and O–H groups in total. The number of carbonyl (C=O) groups is 4. The van der Waals surface area contributed by atoms with Gasteiger partial charge >= 0.3 is 0 Å². The van der Waals surface area contributed by atoms with Gasteiger partial charge in [0.2, 0.25) is 5.78 Å². The Morgan fingerprint density at radius 3 is 2.17 bits per heavy atom. The number of amides is 1. The minimum atomic E-state index is -2.70. The molecule has 11 heteroatoms. The van der Waals surface area contributed by atoms with E-state index in [4.69, 9.17) is 5.73 Å². The minimum absolute atomic E-state index is 0.00759. The molecule has 0 spiro atoms. The monoisotopic (exact) mass is 575 g/mol. The fourth-order valence-electron chi connectivity index (χ4n) is 6.80. The number of phenolic OH excluding ortho intramolecular Hbond substituents is 1. The maximum atomic E-state index is 14.2. The van der Waals surface area contributed by atoms with Gasteiger partial charge in [-0.15, -0.1) is 0 Å². The molecule has 42 heavy (non-hydrogen) atoms. The van der Waals surface area contributed by atoms with Crippen LogP contribution in [0.15, 0.2) is 53.0 Å². The van der Waals surface area contributed by atoms with Gasteiger partial charge in [-0.05, 0) is 57.0 Å². The number of rotatable bonds is 5. The molecular formula is C31H33N3O8. The number of hydrogen-bond donors (Lipinski definition) is 5. The fraction of sp³-hybridized carbons (Fsp3) is 0.355. The van der Waals surface area contributed by atoms with Crippen LogP contribution >= 0.6 is 0 Å². The quantitative estimate of drug-likeness (QED) is 0.261. The number of benzene rings is 2. The number of carbonyl (C=O) groups excluding carboxylic acids is 4. The zero-order valence-electron chi connectivity index (χ0n) is 23.9. The van der Waals surface area contributed by atoms with Gasteiger partial charge < -0.3 is 31.1 Å². The number of fused-ring (bicyclic) bond motifs is 3. The molecule has 0 unspecified atom stereocenters. The molecule has 0 saturated heterocycles. The molecule has 2 aromatic rings. The molecule has 220 valence electrons. The van der Waals surface area contributed by atoms with Crippen molar-refractivity contribution < 1.29 is 39.6 Å². The van der Waals surface area contributed by atoms with Gasteiger partial charge in [0.25, 0.3) is 5.91 Å². The molecule has 0 aromatic heterocycles. The molecule has 0 fully saturated rings. The maximum absolute atomic E-state index is 14.2. The maximum Gasteiger partial charge on any atom is 0.255 e. The Balaban J connectivity index is 1.73. The third-order valence-electron chi connectivity index (χ3n) is 8.78. The standard InChI is InChI=1S/C31H33N3O8/c1-13(35)14-6-8-15(9-7-14)17-12-20(33(2)3)18-10-16-11-19-24(34(4)5)27(38)23(30(32)41)29(40)31(19,42)28(39)21(16)26(37)22(18)25(17)36/h6-9,12,16,19,24,36,38-39,42H,10-11H2,1-5H3,(H2,32,41)/t16-,19-,24+,31-/m1/s1. The second-order valence-corrected chi connectivity index (χ2v) is 11.6. The van der Waals surface area contributed by atoms with E-state index in [9.17, 15) is 39.6 Å². The lowest BCUT2D eigenvalue weighted by Gasteiger charge is -2.50. The minimum Gasteiger partial charge on any atom is -0.510 e. The van der Waals surface area contributed by atoms with Gasteiger partial charge in [-0.25, -0.2) is 0 Å². The normalized spacial score (nSPS) is 25.3. The Labute approximate surface area is 242 Å². The summed E-state index contributed by atoms with van der Waals surface area (Å²) in [6, 6.07) is 7.24. The molecule has 3 aliphatic rings. The first-order chi connectivity index (χ1) is 19.6. The second kappa shape index (κ2) is 9.81. The van der Waals surface area contributed by atoms with E-state index in [-0.39, 0.29) is 35.5 Å². The van der Waals surface area contributed by atoms with Crippen molar-refractivity contribution >= 4 is 28.9 Å². The van der Waals surface area contributed by atoms with Crippen molar-refractivity contribution in [3.05, 3.63) is 69.7 Å². The van der Waals surface area contributed by atoms with Crippen molar-refractivity contribution in [1.29, 1.82) is 0 Å². The molecular weight excluding hydrogens is 542 g/mol. The number of anilines is 1. The van der Waals surface area contributed by atoms with Gasteiger partial charge in [-0.1, -0.05) is 24.3 Å². The average molecular weight is 576 g/mol. The summed E-state index contributed by atoms with van der Waals surface area (Å²) >= 11 is 0. The van der Waals surface area contributed by atoms with E-state index in [0.29, 0.717) is 27.9 Å². The molecule has 1 amide bonds. The summed E-state index contributed by atoms with van der Waals surface area (Å²) < 4.78 is 0. The van der Waals surface area contributed by atoms with Crippen molar-refractivity contribution in [3.63, 3.8) is 0 Å². The van der Waals surface area contributed by atoms with E-state index in [2.05, 4.69) is 0 Å². The van der Waals surface area contributed by atoms with E-state index in [1.54, 1.807) is 63.4 Å². The molecule has 5 rings (SSSR count). The number of aliphatic hydroxyl groups excluding tert-OH is 2. The SMILES string of the molecule is CC(=O)c1ccc(-c2cc(N(C)C)c3c(c2O)C(=O)C2=C(O)[C@@]4(O)C(=O)C(C(N)=O)=C(O)[C@@H](N(C)C)[C@H]4C[C@H]2C3)cc1. The summed E-state index contributed by atoms with van der Waals surface area (Å²) in [5.74, 6) is -7.09. The lowest BCUT2D eigenvalue weighted by atomic mass is 9.58. The topological polar surface area (TPSA) is 182 Å². The Bertz CT molecular complexity index is 1640. The molecule has 0 radical (unpaired) electrons. The summed E-state index contributed by atoms with van der Waals surface area (Å²) in [5, 5.41) is 45.7. The summed E-state index contributed by atoms with van der Waals surface area (Å²) in [6.45, 7) is 1.44. The predicted octanol–water partition coefficient (Wildman–Crippen LogP) is 2.06. The van der Waals surface area contributed by atoms with Gasteiger partial charge in [0.05, 0.1) is 11.6 Å². The van der Waals surface area contributed by atoms with Gasteiger partial charge in [0.1, 0.15) is 22.8 Å². The molecule has 0 aliphatic heterocycles. The van der Waals surface area contributed by atoms with Gasteiger partial charge in [0, 0.05) is 42.4 Å². The summed E-state index contributed by atoms with van der Waals surface area (Å²) in [5.41, 5.74) is 4.05. The summed E-state index contributed by atoms with van der Waals surface area (Å²) in [7, 11) is 6.75. The number of Topliss-reactive ketones (excluding diaryl/α,β-unsaturated/α-hetero) is 3. The van der Waals surface area contributed by atoms with Crippen LogP contribution in [0.25, 0.3) is 11.1 Å². The van der Waals surface area contributed by atoms with Crippen LogP contribution in [0.2, 0.25) is 0 Å². The van der Waals surface area contributed by atoms with Crippen molar-refractivity contribution in [2.45, 2.75) is 31.4 Å². The van der Waals surface area contributed by atoms with Gasteiger partial charge in [-0.3, -0.25) is 24.1 Å². The molecule has 4 atom stereocenters. The van der Waals surface area contributed by atoms with Gasteiger partial charge in [-0.2, -0.15) is 0 Å². The fourth-order valence-corrected chi connectivity index (χ4v) is 6.80. The summed E-state index contributed by atoms with van der Waals surface area (Å²) in [6.07, 6.45) is 0.187. The summed E-state index contributed by atoms with van der Waals surface area (Å²) in [4.78, 5) is 54.9. The van der Waals surface area contributed by atoms with E-state index in [1.807, 2.05) is 0 Å². The largest absolute Gasteiger partial charge is 0.510 e. The Morgan fingerprint density at radius 1 is 1.02 bits per heavy atom. The van der Waals surface area contributed by atoms with Crippen molar-refractivity contribution in [2.24, 2.45) is 17.6 Å². The lowest BCUT2D eigenvalue weighted by molar-refractivity contribution is -0.148. The highest BCUT2D eigenvalue weighted by Gasteiger charge is 2.63. The Morgan fingerprint density at radius 2 is 1.64 bits per heavy atom. The highest BCUT2D eigenvalue weighted by molar-refractivity contribution is 6.25. The van der Waals surface area contributed by atoms with E-state index in [1.165, 1.54) is 11.8 Å². The van der Waals surface area contributed by atoms with Crippen LogP contribution in [-0.4, -0.2) is 88.4 Å². The molecule has 0 heterocycles. The highest BCUT2D eigenvalue weighted by atomic mass is 16.3. The van der Waals surface area contributed by atoms with Crippen LogP contribution in [0, 0.1) is 11.8 Å². The highest BCUT2D eigenvalue weighted by Crippen LogP contribution is 2.54. The van der Waals surface area contributed by atoms with Crippen LogP contribution in [0.5, 0.6) is 5.75 Å². The molecule has 11 nitrogen and oxygen atoms in total. The zero-order valence-corrected chi connectivity index (χ0v) is 23.9. The van der Waals surface area contributed by atoms with Crippen molar-refractivity contribution in [2.75, 3.05) is 33.1 Å². The number of nitrogens with zero attached hydrogens (tertiary/aromatic N) is 2. The number of phenols is 1. The van der Waals surface area contributed by atoms with E-state index in [0.717, 1.165) is 0 Å². The smallest absolute Gasteiger partial charge is 0.255 e. The van der Waals surface area contributed by atoms with Crippen LogP contribution < -0.4 is 10.6 Å². The number of aliphatic hydroxyl groups is 3. The first kappa shape index (κ1) is 29.0. The molecule has 0 bridgehead atoms. The van der Waals surface area contributed by atoms with Crippen molar-refractivity contribution in [3.8, 4) is 16.9 Å². The number of likely N-dealkylation sites (N-methyl/N-ethyl adjacent to an activating group) is 1. The first-order valence-corrected chi connectivity index (χ1v) is 13.4. The third kappa shape index (κ3) is 3.95. The first-order valence-electron chi connectivity index (χ1n) is 13.4. The molecule has 2 aromatic carbocycles. The van der Waals surface area contributed by atoms with E-state index < -0.39 is 58.0 Å². The number of ketones is 3. The lowest BCUT2D eigenvalue weighted by Crippen LogP contribution is -2.63. The van der Waals surface area contributed by atoms with Crippen LogP contribution in [0.3, 0.4) is 0 Å². The van der Waals surface area contributed by atoms with E-state index >= 15 is 0 Å². The number of primary amides is 1. The Kier molecular flexibility index (Phi) is 6.78. The second-order valence-electron chi connectivity index (χ2n) is 11.6.